The topological polar surface area (TPSA) is 126 Å². The minimum Gasteiger partial charge on any atom is -0.496 e. The van der Waals surface area contributed by atoms with E-state index >= 15 is 13.2 Å². The zero-order valence-electron chi connectivity index (χ0n) is 29.4. The highest BCUT2D eigenvalue weighted by Crippen LogP contribution is 2.46. The van der Waals surface area contributed by atoms with E-state index in [4.69, 9.17) is 18.9 Å². The Hall–Kier alpha value is -4.92. The van der Waals surface area contributed by atoms with Crippen molar-refractivity contribution in [2.75, 3.05) is 47.6 Å². The number of non-ortho nitro benzene ring substituents is 1. The van der Waals surface area contributed by atoms with Crippen molar-refractivity contribution in [2.45, 2.75) is 44.2 Å². The van der Waals surface area contributed by atoms with Gasteiger partial charge in [0.25, 0.3) is 5.69 Å². The first-order valence-electron chi connectivity index (χ1n) is 16.8. The number of methoxy groups -OCH3 is 3. The van der Waals surface area contributed by atoms with Crippen LogP contribution in [0.15, 0.2) is 72.9 Å². The maximum absolute atomic E-state index is 15.1. The monoisotopic (exact) mass is 725 g/mol. The van der Waals surface area contributed by atoms with Gasteiger partial charge in [-0.1, -0.05) is 30.3 Å². The number of nitro benzene ring substituents is 1. The van der Waals surface area contributed by atoms with Crippen molar-refractivity contribution < 1.29 is 46.9 Å². The normalized spacial score (nSPS) is 16.2. The number of piperidine rings is 1. The van der Waals surface area contributed by atoms with Crippen molar-refractivity contribution >= 4 is 28.6 Å². The zero-order valence-corrected chi connectivity index (χ0v) is 29.4. The van der Waals surface area contributed by atoms with Crippen molar-refractivity contribution in [3.8, 4) is 11.5 Å². The Kier molecular flexibility index (Phi) is 11.9. The molecule has 0 bridgehead atoms. The molecule has 2 heterocycles. The number of halogens is 3. The lowest BCUT2D eigenvalue weighted by Crippen LogP contribution is -2.52. The quantitative estimate of drug-likeness (QED) is 0.0631. The predicted molar refractivity (Wildman–Crippen MR) is 188 cm³/mol. The van der Waals surface area contributed by atoms with Crippen LogP contribution in [0.25, 0.3) is 17.0 Å². The molecular formula is C38H42F3N3O8. The molecule has 14 heteroatoms. The summed E-state index contributed by atoms with van der Waals surface area (Å²) in [7, 11) is 4.54. The summed E-state index contributed by atoms with van der Waals surface area (Å²) < 4.78 is 69.0. The smallest absolute Gasteiger partial charge is 0.422 e. The third-order valence-corrected chi connectivity index (χ3v) is 9.50. The standard InChI is InChI=1S/C38H42F3N3O8/c1-5-52-34(45)14-11-26-19-32(49-2)35(33(20-26)50-3)36(51-4)27-15-17-42(18-16-27)24-37(46,38(39,40)41)30-23-43(22-25-9-7-6-8-10-25)31-21-28(44(47)48)12-13-29(30)31/h6-14,19-21,23,27,36,46H,5,15-18,22,24H2,1-4H3. The molecule has 0 radical (unpaired) electrons. The number of hydrogen-bond acceptors (Lipinski definition) is 9. The van der Waals surface area contributed by atoms with Crippen molar-refractivity contribution in [3.63, 3.8) is 0 Å². The number of rotatable bonds is 14. The lowest BCUT2D eigenvalue weighted by Gasteiger charge is -2.40. The Bertz CT molecular complexity index is 1880. The molecule has 1 fully saturated rings. The van der Waals surface area contributed by atoms with Crippen LogP contribution in [0.1, 0.15) is 48.1 Å². The van der Waals surface area contributed by atoms with Gasteiger partial charge in [0.05, 0.1) is 42.9 Å². The fourth-order valence-electron chi connectivity index (χ4n) is 6.94. The number of aliphatic hydroxyl groups is 1. The van der Waals surface area contributed by atoms with Crippen LogP contribution in [0.2, 0.25) is 0 Å². The molecule has 2 atom stereocenters. The van der Waals surface area contributed by atoms with Crippen LogP contribution in [0.4, 0.5) is 18.9 Å². The number of nitro groups is 1. The Morgan fingerprint density at radius 2 is 1.69 bits per heavy atom. The van der Waals surface area contributed by atoms with Gasteiger partial charge in [-0.25, -0.2) is 4.79 Å². The summed E-state index contributed by atoms with van der Waals surface area (Å²) in [5.41, 5.74) is -1.68. The van der Waals surface area contributed by atoms with Gasteiger partial charge in [-0.2, -0.15) is 13.2 Å². The minimum atomic E-state index is -5.07. The van der Waals surface area contributed by atoms with Crippen LogP contribution in [0, 0.1) is 16.0 Å². The number of esters is 1. The largest absolute Gasteiger partial charge is 0.496 e. The molecule has 0 saturated carbocycles. The van der Waals surface area contributed by atoms with E-state index in [9.17, 15) is 20.0 Å². The van der Waals surface area contributed by atoms with E-state index in [0.29, 0.717) is 35.5 Å². The second-order valence-corrected chi connectivity index (χ2v) is 12.7. The van der Waals surface area contributed by atoms with Gasteiger partial charge >= 0.3 is 12.1 Å². The van der Waals surface area contributed by atoms with Gasteiger partial charge in [0.1, 0.15) is 11.5 Å². The molecule has 4 aromatic rings. The average molecular weight is 726 g/mol. The van der Waals surface area contributed by atoms with Crippen molar-refractivity contribution in [3.05, 3.63) is 105 Å². The number of aromatic nitrogens is 1. The first-order valence-corrected chi connectivity index (χ1v) is 16.8. The van der Waals surface area contributed by atoms with Crippen molar-refractivity contribution in [1.29, 1.82) is 0 Å². The molecule has 1 aromatic heterocycles. The van der Waals surface area contributed by atoms with E-state index < -0.39 is 35.3 Å². The molecule has 1 aliphatic heterocycles. The molecule has 3 aromatic carbocycles. The van der Waals surface area contributed by atoms with Gasteiger partial charge in [0.15, 0.2) is 0 Å². The highest BCUT2D eigenvalue weighted by molar-refractivity contribution is 5.88. The number of likely N-dealkylation sites (tertiary alicyclic amines) is 1. The van der Waals surface area contributed by atoms with Crippen LogP contribution in [-0.4, -0.2) is 79.2 Å². The first-order chi connectivity index (χ1) is 24.8. The van der Waals surface area contributed by atoms with Gasteiger partial charge in [-0.05, 0) is 74.2 Å². The number of carbonyl (C=O) groups is 1. The Balaban J connectivity index is 1.41. The van der Waals surface area contributed by atoms with Gasteiger partial charge in [-0.15, -0.1) is 0 Å². The molecule has 1 N–H and O–H groups in total. The van der Waals surface area contributed by atoms with Crippen molar-refractivity contribution in [2.24, 2.45) is 5.92 Å². The van der Waals surface area contributed by atoms with E-state index in [1.807, 2.05) is 6.07 Å². The molecule has 0 spiro atoms. The summed E-state index contributed by atoms with van der Waals surface area (Å²) in [5.74, 6) is 0.272. The lowest BCUT2D eigenvalue weighted by molar-refractivity contribution is -0.384. The molecule has 1 saturated heterocycles. The fraction of sp³-hybridized carbons (Fsp3) is 0.395. The summed E-state index contributed by atoms with van der Waals surface area (Å²) in [6.45, 7) is 1.80. The van der Waals surface area contributed by atoms with E-state index in [1.54, 1.807) is 61.4 Å². The second-order valence-electron chi connectivity index (χ2n) is 12.7. The Morgan fingerprint density at radius 3 is 2.25 bits per heavy atom. The van der Waals surface area contributed by atoms with Gasteiger partial charge < -0.3 is 28.6 Å². The minimum absolute atomic E-state index is 0.0791. The number of benzene rings is 3. The summed E-state index contributed by atoms with van der Waals surface area (Å²) in [5, 5.41) is 23.4. The van der Waals surface area contributed by atoms with Crippen LogP contribution in [0.3, 0.4) is 0 Å². The SMILES string of the molecule is CCOC(=O)C=Cc1cc(OC)c(C(OC)C2CCN(CC(O)(c3cn(Cc4ccccc4)c4cc([N+](=O)[O-])ccc34)C(F)(F)F)CC2)c(OC)c1. The number of carbonyl (C=O) groups excluding carboxylic acids is 1. The molecule has 2 unspecified atom stereocenters. The lowest BCUT2D eigenvalue weighted by atomic mass is 9.85. The summed E-state index contributed by atoms with van der Waals surface area (Å²) >= 11 is 0. The van der Waals surface area contributed by atoms with Gasteiger partial charge in [0.2, 0.25) is 5.60 Å². The van der Waals surface area contributed by atoms with Gasteiger partial charge in [0, 0.05) is 55.6 Å². The van der Waals surface area contributed by atoms with Crippen LogP contribution in [-0.2, 0) is 26.4 Å². The molecule has 0 amide bonds. The molecule has 11 nitrogen and oxygen atoms in total. The van der Waals surface area contributed by atoms with E-state index in [1.165, 1.54) is 43.2 Å². The summed E-state index contributed by atoms with van der Waals surface area (Å²) in [6, 6.07) is 16.1. The van der Waals surface area contributed by atoms with E-state index in [-0.39, 0.29) is 54.3 Å². The van der Waals surface area contributed by atoms with Crippen LogP contribution < -0.4 is 9.47 Å². The van der Waals surface area contributed by atoms with Crippen LogP contribution >= 0.6 is 0 Å². The fourth-order valence-corrected chi connectivity index (χ4v) is 6.94. The Morgan fingerprint density at radius 1 is 1.04 bits per heavy atom. The summed E-state index contributed by atoms with van der Waals surface area (Å²) in [6.07, 6.45) is -0.605. The van der Waals surface area contributed by atoms with E-state index in [0.717, 1.165) is 11.6 Å². The molecule has 0 aliphatic carbocycles. The number of fused-ring (bicyclic) bond motifs is 1. The molecule has 1 aliphatic rings. The number of hydrogen-bond donors (Lipinski definition) is 1. The predicted octanol–water partition coefficient (Wildman–Crippen LogP) is 7.04. The number of ether oxygens (including phenoxy) is 4. The molecule has 52 heavy (non-hydrogen) atoms. The van der Waals surface area contributed by atoms with Gasteiger partial charge in [-0.3, -0.25) is 15.0 Å². The Labute approximate surface area is 299 Å². The maximum Gasteiger partial charge on any atom is 0.422 e. The zero-order chi connectivity index (χ0) is 37.6. The number of β-amino-alcohol motifs (C(OH)–C–C–N with tert-alkyl or cyclic N) is 1. The van der Waals surface area contributed by atoms with E-state index in [2.05, 4.69) is 0 Å². The van der Waals surface area contributed by atoms with Crippen molar-refractivity contribution in [1.82, 2.24) is 9.47 Å². The third kappa shape index (κ3) is 8.09. The summed E-state index contributed by atoms with van der Waals surface area (Å²) in [4.78, 5) is 24.4. The van der Waals surface area contributed by atoms with Crippen LogP contribution in [0.5, 0.6) is 11.5 Å². The average Bonchev–Trinajstić information content (AvgIpc) is 3.49. The second kappa shape index (κ2) is 16.2. The highest BCUT2D eigenvalue weighted by atomic mass is 19.4. The number of nitrogens with zero attached hydrogens (tertiary/aromatic N) is 3. The molecular weight excluding hydrogens is 683 g/mol. The number of alkyl halides is 3. The maximum atomic E-state index is 15.1. The molecule has 278 valence electrons. The first kappa shape index (κ1) is 38.3. The third-order valence-electron chi connectivity index (χ3n) is 9.50. The molecule has 5 rings (SSSR count). The highest BCUT2D eigenvalue weighted by Gasteiger charge is 2.57.